The predicted octanol–water partition coefficient (Wildman–Crippen LogP) is 0.796. The van der Waals surface area contributed by atoms with Crippen molar-refractivity contribution in [1.82, 2.24) is 15.1 Å². The molecule has 0 aromatic heterocycles. The number of morpholine rings is 1. The molecule has 5 nitrogen and oxygen atoms in total. The third-order valence-corrected chi connectivity index (χ3v) is 5.67. The molecule has 0 aromatic rings. The molecule has 3 unspecified atom stereocenters. The number of amides is 1. The van der Waals surface area contributed by atoms with Crippen LogP contribution in [0.4, 0.5) is 0 Å². The van der Waals surface area contributed by atoms with Crippen LogP contribution in [0.15, 0.2) is 0 Å². The highest BCUT2D eigenvalue weighted by atomic mass is 16.5. The van der Waals surface area contributed by atoms with Gasteiger partial charge in [-0.05, 0) is 38.1 Å². The van der Waals surface area contributed by atoms with Crippen LogP contribution in [0.1, 0.15) is 39.5 Å². The summed E-state index contributed by atoms with van der Waals surface area (Å²) < 4.78 is 6.06. The topological polar surface area (TPSA) is 44.8 Å². The fourth-order valence-electron chi connectivity index (χ4n) is 4.25. The molecule has 0 aromatic carbocycles. The zero-order chi connectivity index (χ0) is 14.6. The van der Waals surface area contributed by atoms with Crippen molar-refractivity contribution in [3.63, 3.8) is 0 Å². The van der Waals surface area contributed by atoms with Crippen molar-refractivity contribution in [2.24, 2.45) is 5.92 Å². The van der Waals surface area contributed by atoms with Crippen LogP contribution in [-0.2, 0) is 9.53 Å². The molecular weight excluding hydrogens is 266 g/mol. The van der Waals surface area contributed by atoms with Gasteiger partial charge in [-0.15, -0.1) is 0 Å². The molecule has 118 valence electrons. The van der Waals surface area contributed by atoms with E-state index >= 15 is 0 Å². The maximum absolute atomic E-state index is 12.7. The fraction of sp³-hybridized carbons (Fsp3) is 0.938. The molecule has 3 saturated heterocycles. The first kappa shape index (κ1) is 14.0. The second-order valence-electron chi connectivity index (χ2n) is 7.62. The molecule has 1 spiro atoms. The van der Waals surface area contributed by atoms with E-state index < -0.39 is 0 Å². The largest absolute Gasteiger partial charge is 0.373 e. The van der Waals surface area contributed by atoms with E-state index in [1.54, 1.807) is 0 Å². The monoisotopic (exact) mass is 293 g/mol. The van der Waals surface area contributed by atoms with Crippen molar-refractivity contribution >= 4 is 5.91 Å². The van der Waals surface area contributed by atoms with Crippen LogP contribution in [0.2, 0.25) is 0 Å². The zero-order valence-corrected chi connectivity index (χ0v) is 13.2. The van der Waals surface area contributed by atoms with E-state index in [9.17, 15) is 4.79 Å². The molecule has 21 heavy (non-hydrogen) atoms. The normalized spacial score (nSPS) is 38.5. The average molecular weight is 293 g/mol. The van der Waals surface area contributed by atoms with Crippen LogP contribution < -0.4 is 5.32 Å². The summed E-state index contributed by atoms with van der Waals surface area (Å²) in [4.78, 5) is 17.3. The van der Waals surface area contributed by atoms with Crippen LogP contribution in [-0.4, -0.2) is 65.8 Å². The molecule has 1 N–H and O–H groups in total. The second kappa shape index (κ2) is 4.93. The molecule has 0 bridgehead atoms. The molecule has 4 fully saturated rings. The number of hydrogen-bond donors (Lipinski definition) is 1. The van der Waals surface area contributed by atoms with Gasteiger partial charge in [0, 0.05) is 19.1 Å². The fourth-order valence-corrected chi connectivity index (χ4v) is 4.25. The van der Waals surface area contributed by atoms with Gasteiger partial charge in [0.15, 0.2) is 0 Å². The third-order valence-electron chi connectivity index (χ3n) is 5.67. The van der Waals surface area contributed by atoms with Gasteiger partial charge in [-0.3, -0.25) is 15.0 Å². The highest BCUT2D eigenvalue weighted by Gasteiger charge is 2.59. The smallest absolute Gasteiger partial charge is 0.244 e. The van der Waals surface area contributed by atoms with Crippen molar-refractivity contribution in [2.45, 2.75) is 63.4 Å². The highest BCUT2D eigenvalue weighted by Crippen LogP contribution is 2.43. The second-order valence-corrected chi connectivity index (χ2v) is 7.62. The van der Waals surface area contributed by atoms with Gasteiger partial charge in [0.1, 0.15) is 0 Å². The number of hydrogen-bond acceptors (Lipinski definition) is 4. The van der Waals surface area contributed by atoms with Crippen molar-refractivity contribution in [2.75, 3.05) is 26.2 Å². The minimum Gasteiger partial charge on any atom is -0.373 e. The van der Waals surface area contributed by atoms with Crippen molar-refractivity contribution in [3.05, 3.63) is 0 Å². The molecule has 1 amide bonds. The summed E-state index contributed by atoms with van der Waals surface area (Å²) in [6.45, 7) is 8.17. The summed E-state index contributed by atoms with van der Waals surface area (Å²) in [6, 6.07) is 0.629. The number of rotatable bonds is 3. The minimum absolute atomic E-state index is 0.180. The molecule has 4 rings (SSSR count). The van der Waals surface area contributed by atoms with E-state index in [2.05, 4.69) is 29.0 Å². The summed E-state index contributed by atoms with van der Waals surface area (Å²) in [6.07, 6.45) is 4.94. The molecule has 5 heteroatoms. The Kier molecular flexibility index (Phi) is 3.28. The Labute approximate surface area is 127 Å². The van der Waals surface area contributed by atoms with Gasteiger partial charge in [0.05, 0.1) is 24.4 Å². The van der Waals surface area contributed by atoms with Gasteiger partial charge >= 0.3 is 0 Å². The number of fused-ring (bicyclic) bond motifs is 1. The van der Waals surface area contributed by atoms with Crippen LogP contribution >= 0.6 is 0 Å². The molecule has 1 saturated carbocycles. The van der Waals surface area contributed by atoms with Crippen LogP contribution in [0.5, 0.6) is 0 Å². The number of ether oxygens (including phenoxy) is 1. The Morgan fingerprint density at radius 1 is 1.43 bits per heavy atom. The molecule has 4 aliphatic rings. The Morgan fingerprint density at radius 3 is 2.95 bits per heavy atom. The van der Waals surface area contributed by atoms with Crippen molar-refractivity contribution in [1.29, 1.82) is 0 Å². The summed E-state index contributed by atoms with van der Waals surface area (Å²) in [5, 5.41) is 3.58. The van der Waals surface area contributed by atoms with Crippen molar-refractivity contribution in [3.8, 4) is 0 Å². The lowest BCUT2D eigenvalue weighted by Gasteiger charge is -2.38. The van der Waals surface area contributed by atoms with E-state index in [-0.39, 0.29) is 17.8 Å². The predicted molar refractivity (Wildman–Crippen MR) is 79.8 cm³/mol. The maximum atomic E-state index is 12.7. The van der Waals surface area contributed by atoms with Gasteiger partial charge in [-0.2, -0.15) is 0 Å². The summed E-state index contributed by atoms with van der Waals surface area (Å²) >= 11 is 0. The average Bonchev–Trinajstić information content (AvgIpc) is 3.01. The molecule has 3 heterocycles. The van der Waals surface area contributed by atoms with E-state index in [4.69, 9.17) is 4.74 Å². The Morgan fingerprint density at radius 2 is 2.24 bits per heavy atom. The molecular formula is C16H27N3O2. The van der Waals surface area contributed by atoms with E-state index in [1.807, 2.05) is 0 Å². The number of carbonyl (C=O) groups is 1. The van der Waals surface area contributed by atoms with Crippen LogP contribution in [0.25, 0.3) is 0 Å². The summed E-state index contributed by atoms with van der Waals surface area (Å²) in [5.74, 6) is 0.755. The first-order chi connectivity index (χ1) is 10.1. The van der Waals surface area contributed by atoms with E-state index in [0.29, 0.717) is 17.9 Å². The Hall–Kier alpha value is -0.650. The van der Waals surface area contributed by atoms with Crippen molar-refractivity contribution < 1.29 is 9.53 Å². The molecule has 3 atom stereocenters. The van der Waals surface area contributed by atoms with Crippen LogP contribution in [0, 0.1) is 5.92 Å². The Bertz CT molecular complexity index is 435. The van der Waals surface area contributed by atoms with Gasteiger partial charge < -0.3 is 9.64 Å². The maximum Gasteiger partial charge on any atom is 0.244 e. The summed E-state index contributed by atoms with van der Waals surface area (Å²) in [7, 11) is 0. The van der Waals surface area contributed by atoms with Gasteiger partial charge in [-0.25, -0.2) is 0 Å². The number of nitrogens with one attached hydrogen (secondary N) is 1. The van der Waals surface area contributed by atoms with E-state index in [1.165, 1.54) is 19.4 Å². The highest BCUT2D eigenvalue weighted by molar-refractivity contribution is 5.91. The zero-order valence-electron chi connectivity index (χ0n) is 13.2. The summed E-state index contributed by atoms with van der Waals surface area (Å²) in [5.41, 5.74) is -0.209. The first-order valence-electron chi connectivity index (χ1n) is 8.53. The Balaban J connectivity index is 1.44. The van der Waals surface area contributed by atoms with E-state index in [0.717, 1.165) is 32.5 Å². The lowest BCUT2D eigenvalue weighted by molar-refractivity contribution is -0.135. The SMILES string of the molecule is CC(C)C1NC2(CC2)C(=O)N1CC1CN2CCCC2CO1. The molecule has 3 aliphatic heterocycles. The lowest BCUT2D eigenvalue weighted by atomic mass is 10.1. The van der Waals surface area contributed by atoms with Crippen LogP contribution in [0.3, 0.4) is 0 Å². The standard InChI is InChI=1S/C16H27N3O2/c1-11(2)14-17-16(5-6-16)15(20)19(14)9-13-8-18-7-3-4-12(18)10-21-13/h11-14,17H,3-10H2,1-2H3. The third kappa shape index (κ3) is 2.30. The quantitative estimate of drug-likeness (QED) is 0.836. The first-order valence-corrected chi connectivity index (χ1v) is 8.53. The van der Waals surface area contributed by atoms with Gasteiger partial charge in [-0.1, -0.05) is 13.8 Å². The number of nitrogens with zero attached hydrogens (tertiary/aromatic N) is 2. The molecule has 0 radical (unpaired) electrons. The molecule has 1 aliphatic carbocycles. The lowest BCUT2D eigenvalue weighted by Crippen LogP contribution is -2.52. The van der Waals surface area contributed by atoms with Gasteiger partial charge in [0.2, 0.25) is 5.91 Å². The number of carbonyl (C=O) groups excluding carboxylic acids is 1. The van der Waals surface area contributed by atoms with Gasteiger partial charge in [0.25, 0.3) is 0 Å². The minimum atomic E-state index is -0.209.